The van der Waals surface area contributed by atoms with Crippen molar-refractivity contribution in [3.8, 4) is 0 Å². The van der Waals surface area contributed by atoms with Crippen LogP contribution in [0.2, 0.25) is 0 Å². The smallest absolute Gasteiger partial charge is 0.263 e. The predicted molar refractivity (Wildman–Crippen MR) is 101 cm³/mol. The van der Waals surface area contributed by atoms with Gasteiger partial charge in [-0.1, -0.05) is 6.07 Å². The first-order chi connectivity index (χ1) is 12.6. The van der Waals surface area contributed by atoms with E-state index in [2.05, 4.69) is 14.6 Å². The molecular formula is C19H23N3O3S. The molecule has 6 nitrogen and oxygen atoms in total. The molecule has 0 amide bonds. The van der Waals surface area contributed by atoms with Crippen LogP contribution in [0.5, 0.6) is 0 Å². The molecule has 2 aromatic rings. The van der Waals surface area contributed by atoms with Crippen LogP contribution in [-0.2, 0) is 27.6 Å². The summed E-state index contributed by atoms with van der Waals surface area (Å²) in [7, 11) is -3.63. The Morgan fingerprint density at radius 2 is 1.77 bits per heavy atom. The van der Waals surface area contributed by atoms with Crippen molar-refractivity contribution in [3.05, 3.63) is 47.7 Å². The van der Waals surface area contributed by atoms with Gasteiger partial charge in [-0.05, 0) is 61.1 Å². The lowest BCUT2D eigenvalue weighted by Gasteiger charge is -2.28. The molecule has 7 heteroatoms. The van der Waals surface area contributed by atoms with Crippen molar-refractivity contribution >= 4 is 21.5 Å². The summed E-state index contributed by atoms with van der Waals surface area (Å²) >= 11 is 0. The Hall–Kier alpha value is -2.12. The molecule has 2 heterocycles. The number of anilines is 2. The van der Waals surface area contributed by atoms with Crippen molar-refractivity contribution in [2.24, 2.45) is 0 Å². The molecule has 1 saturated heterocycles. The van der Waals surface area contributed by atoms with Crippen LogP contribution in [0, 0.1) is 0 Å². The molecule has 1 fully saturated rings. The van der Waals surface area contributed by atoms with Crippen molar-refractivity contribution in [1.82, 2.24) is 4.98 Å². The summed E-state index contributed by atoms with van der Waals surface area (Å²) in [6.45, 7) is 3.04. The van der Waals surface area contributed by atoms with E-state index < -0.39 is 10.0 Å². The van der Waals surface area contributed by atoms with Gasteiger partial charge in [0.1, 0.15) is 5.82 Å². The number of fused-ring (bicyclic) bond motifs is 1. The third-order valence-electron chi connectivity index (χ3n) is 4.99. The summed E-state index contributed by atoms with van der Waals surface area (Å²) in [6.07, 6.45) is 5.99. The molecule has 26 heavy (non-hydrogen) atoms. The second-order valence-electron chi connectivity index (χ2n) is 6.74. The monoisotopic (exact) mass is 373 g/mol. The third kappa shape index (κ3) is 3.68. The van der Waals surface area contributed by atoms with Crippen LogP contribution in [0.1, 0.15) is 24.0 Å². The van der Waals surface area contributed by atoms with Crippen molar-refractivity contribution in [1.29, 1.82) is 0 Å². The van der Waals surface area contributed by atoms with Crippen LogP contribution in [0.4, 0.5) is 11.5 Å². The maximum Gasteiger partial charge on any atom is 0.263 e. The molecule has 0 saturated carbocycles. The van der Waals surface area contributed by atoms with Gasteiger partial charge in [0, 0.05) is 13.1 Å². The number of nitrogens with zero attached hydrogens (tertiary/aromatic N) is 2. The Labute approximate surface area is 154 Å². The van der Waals surface area contributed by atoms with Gasteiger partial charge in [-0.3, -0.25) is 4.72 Å². The van der Waals surface area contributed by atoms with E-state index >= 15 is 0 Å². The zero-order chi connectivity index (χ0) is 18.0. The van der Waals surface area contributed by atoms with Gasteiger partial charge in [-0.25, -0.2) is 13.4 Å². The third-order valence-corrected chi connectivity index (χ3v) is 6.35. The van der Waals surface area contributed by atoms with Crippen LogP contribution in [0.25, 0.3) is 0 Å². The number of aromatic nitrogens is 1. The molecular weight excluding hydrogens is 350 g/mol. The number of aryl methyl sites for hydroxylation is 2. The average Bonchev–Trinajstić information content (AvgIpc) is 2.68. The maximum absolute atomic E-state index is 12.7. The van der Waals surface area contributed by atoms with Gasteiger partial charge in [-0.15, -0.1) is 0 Å². The number of benzene rings is 1. The number of rotatable bonds is 4. The van der Waals surface area contributed by atoms with Gasteiger partial charge in [0.05, 0.1) is 30.0 Å². The van der Waals surface area contributed by atoms with Crippen molar-refractivity contribution in [2.45, 2.75) is 30.6 Å². The Balaban J connectivity index is 1.50. The first kappa shape index (κ1) is 17.3. The van der Waals surface area contributed by atoms with E-state index in [9.17, 15) is 8.42 Å². The standard InChI is InChI=1S/C19H23N3O3S/c23-26(24,18-7-5-15-3-1-2-4-16(15)13-18)21-19-8-6-17(14-20-19)22-9-11-25-12-10-22/h5-8,13-14H,1-4,9-12H2,(H,20,21). The van der Waals surface area contributed by atoms with Crippen molar-refractivity contribution < 1.29 is 13.2 Å². The molecule has 1 N–H and O–H groups in total. The molecule has 0 unspecified atom stereocenters. The highest BCUT2D eigenvalue weighted by atomic mass is 32.2. The molecule has 1 aliphatic heterocycles. The van der Waals surface area contributed by atoms with Gasteiger partial charge in [0.2, 0.25) is 0 Å². The fourth-order valence-electron chi connectivity index (χ4n) is 3.53. The lowest BCUT2D eigenvalue weighted by Crippen LogP contribution is -2.36. The number of morpholine rings is 1. The molecule has 1 aromatic carbocycles. The molecule has 0 spiro atoms. The highest BCUT2D eigenvalue weighted by molar-refractivity contribution is 7.92. The minimum atomic E-state index is -3.63. The van der Waals surface area contributed by atoms with E-state index in [0.717, 1.165) is 43.6 Å². The fourth-order valence-corrected chi connectivity index (χ4v) is 4.59. The number of ether oxygens (including phenoxy) is 1. The quantitative estimate of drug-likeness (QED) is 0.892. The van der Waals surface area contributed by atoms with E-state index in [-0.39, 0.29) is 0 Å². The Kier molecular flexibility index (Phi) is 4.82. The predicted octanol–water partition coefficient (Wildman–Crippen LogP) is 2.60. The molecule has 1 aliphatic carbocycles. The summed E-state index contributed by atoms with van der Waals surface area (Å²) in [4.78, 5) is 6.76. The normalized spacial score (nSPS) is 17.6. The van der Waals surface area contributed by atoms with E-state index in [1.54, 1.807) is 24.4 Å². The molecule has 0 atom stereocenters. The van der Waals surface area contributed by atoms with Gasteiger partial charge >= 0.3 is 0 Å². The lowest BCUT2D eigenvalue weighted by atomic mass is 9.92. The van der Waals surface area contributed by atoms with Crippen molar-refractivity contribution in [2.75, 3.05) is 35.9 Å². The molecule has 2 aliphatic rings. The Bertz CT molecular complexity index is 875. The highest BCUT2D eigenvalue weighted by Gasteiger charge is 2.19. The summed E-state index contributed by atoms with van der Waals surface area (Å²) in [5, 5.41) is 0. The SMILES string of the molecule is O=S(=O)(Nc1ccc(N2CCOCC2)cn1)c1ccc2c(c1)CCCC2. The van der Waals surface area contributed by atoms with Gasteiger partial charge in [0.25, 0.3) is 10.0 Å². The summed E-state index contributed by atoms with van der Waals surface area (Å²) in [6, 6.07) is 9.04. The molecule has 1 aromatic heterocycles. The Morgan fingerprint density at radius 3 is 2.50 bits per heavy atom. The Morgan fingerprint density at radius 1 is 1.00 bits per heavy atom. The first-order valence-corrected chi connectivity index (χ1v) is 10.5. The summed E-state index contributed by atoms with van der Waals surface area (Å²) in [5.74, 6) is 0.333. The first-order valence-electron chi connectivity index (χ1n) is 9.05. The van der Waals surface area contributed by atoms with E-state index in [1.807, 2.05) is 12.1 Å². The number of nitrogens with one attached hydrogen (secondary N) is 1. The number of hydrogen-bond acceptors (Lipinski definition) is 5. The summed E-state index contributed by atoms with van der Waals surface area (Å²) in [5.41, 5.74) is 3.39. The minimum absolute atomic E-state index is 0.303. The van der Waals surface area contributed by atoms with Gasteiger partial charge in [-0.2, -0.15) is 0 Å². The summed E-state index contributed by atoms with van der Waals surface area (Å²) < 4.78 is 33.3. The molecule has 0 radical (unpaired) electrons. The van der Waals surface area contributed by atoms with Crippen LogP contribution >= 0.6 is 0 Å². The second kappa shape index (κ2) is 7.25. The van der Waals surface area contributed by atoms with Crippen LogP contribution in [0.3, 0.4) is 0 Å². The minimum Gasteiger partial charge on any atom is -0.378 e. The van der Waals surface area contributed by atoms with Crippen LogP contribution in [0.15, 0.2) is 41.4 Å². The maximum atomic E-state index is 12.7. The van der Waals surface area contributed by atoms with Crippen LogP contribution in [-0.4, -0.2) is 39.7 Å². The average molecular weight is 373 g/mol. The number of pyridine rings is 1. The zero-order valence-electron chi connectivity index (χ0n) is 14.6. The molecule has 4 rings (SSSR count). The number of hydrogen-bond donors (Lipinski definition) is 1. The highest BCUT2D eigenvalue weighted by Crippen LogP contribution is 2.25. The van der Waals surface area contributed by atoms with E-state index in [1.165, 1.54) is 12.0 Å². The van der Waals surface area contributed by atoms with Crippen molar-refractivity contribution in [3.63, 3.8) is 0 Å². The largest absolute Gasteiger partial charge is 0.378 e. The molecule has 138 valence electrons. The topological polar surface area (TPSA) is 71.5 Å². The fraction of sp³-hybridized carbons (Fsp3) is 0.421. The van der Waals surface area contributed by atoms with Crippen LogP contribution < -0.4 is 9.62 Å². The number of sulfonamides is 1. The second-order valence-corrected chi connectivity index (χ2v) is 8.43. The van der Waals surface area contributed by atoms with Gasteiger partial charge in [0.15, 0.2) is 0 Å². The zero-order valence-corrected chi connectivity index (χ0v) is 15.5. The van der Waals surface area contributed by atoms with Gasteiger partial charge < -0.3 is 9.64 Å². The van der Waals surface area contributed by atoms with E-state index in [0.29, 0.717) is 23.9 Å². The molecule has 0 bridgehead atoms. The van der Waals surface area contributed by atoms with E-state index in [4.69, 9.17) is 4.74 Å². The lowest BCUT2D eigenvalue weighted by molar-refractivity contribution is 0.122.